The summed E-state index contributed by atoms with van der Waals surface area (Å²) >= 11 is 0. The maximum atomic E-state index is 11.4. The molecule has 1 aromatic rings. The van der Waals surface area contributed by atoms with Crippen LogP contribution in [0.3, 0.4) is 0 Å². The van der Waals surface area contributed by atoms with Crippen molar-refractivity contribution in [3.63, 3.8) is 0 Å². The molecule has 0 saturated carbocycles. The normalized spacial score (nSPS) is 14.9. The summed E-state index contributed by atoms with van der Waals surface area (Å²) in [5.74, 6) is 0. The van der Waals surface area contributed by atoms with Gasteiger partial charge >= 0.3 is 11.0 Å². The van der Waals surface area contributed by atoms with Crippen LogP contribution in [0.2, 0.25) is 0 Å². The number of fused-ring (bicyclic) bond motifs is 1. The summed E-state index contributed by atoms with van der Waals surface area (Å²) in [7, 11) is -13.4. The van der Waals surface area contributed by atoms with Gasteiger partial charge in [-0.3, -0.25) is 0 Å². The van der Waals surface area contributed by atoms with E-state index in [9.17, 15) is 43.2 Å². The molecule has 0 bridgehead atoms. The first kappa shape index (κ1) is 27.4. The summed E-state index contributed by atoms with van der Waals surface area (Å²) in [5.41, 5.74) is -9.48. The lowest BCUT2D eigenvalue weighted by Gasteiger charge is -2.22. The number of rotatable bonds is 7. The molecule has 0 fully saturated rings. The van der Waals surface area contributed by atoms with Gasteiger partial charge in [-0.25, -0.2) is 21.4 Å². The van der Waals surface area contributed by atoms with Gasteiger partial charge in [0.1, 0.15) is 13.1 Å². The van der Waals surface area contributed by atoms with Crippen molar-refractivity contribution in [3.8, 4) is 0 Å². The molecule has 2 rings (SSSR count). The van der Waals surface area contributed by atoms with Gasteiger partial charge in [-0.15, -0.1) is 0 Å². The lowest BCUT2D eigenvalue weighted by atomic mass is 10.0. The third kappa shape index (κ3) is 8.41. The van der Waals surface area contributed by atoms with E-state index >= 15 is 0 Å². The van der Waals surface area contributed by atoms with E-state index in [2.05, 4.69) is 42.0 Å². The summed E-state index contributed by atoms with van der Waals surface area (Å²) in [6.45, 7) is 4.70. The van der Waals surface area contributed by atoms with Crippen molar-refractivity contribution in [3.05, 3.63) is 39.5 Å². The van der Waals surface area contributed by atoms with Gasteiger partial charge in [0.2, 0.25) is 0 Å². The van der Waals surface area contributed by atoms with Crippen molar-refractivity contribution in [2.45, 2.75) is 50.0 Å². The van der Waals surface area contributed by atoms with Gasteiger partial charge in [0.05, 0.1) is 0 Å². The van der Waals surface area contributed by atoms with E-state index in [0.717, 1.165) is 4.13 Å². The SMILES string of the molecule is CCCCCC[N+]1=Cc2ccccc2CC1.O=S(=O)([N-]S(=O)(=O)C(F)(F)F)C(F)(F)F. The average Bonchev–Trinajstić information content (AvgIpc) is 2.63. The third-order valence-corrected chi connectivity index (χ3v) is 6.87. The van der Waals surface area contributed by atoms with Crippen LogP contribution >= 0.6 is 0 Å². The van der Waals surface area contributed by atoms with Crippen LogP contribution in [0.25, 0.3) is 4.13 Å². The molecule has 1 heterocycles. The van der Waals surface area contributed by atoms with Crippen LogP contribution in [0.15, 0.2) is 24.3 Å². The lowest BCUT2D eigenvalue weighted by Crippen LogP contribution is -2.30. The molecule has 0 amide bonds. The molecule has 0 saturated heterocycles. The zero-order valence-corrected chi connectivity index (χ0v) is 18.1. The van der Waals surface area contributed by atoms with Crippen LogP contribution in [-0.4, -0.2) is 51.7 Å². The van der Waals surface area contributed by atoms with Crippen LogP contribution in [0.5, 0.6) is 0 Å². The smallest absolute Gasteiger partial charge is 0.421 e. The number of hydrogen-bond donors (Lipinski definition) is 0. The molecular formula is C17H22F6N2O4S2. The molecule has 1 aliphatic heterocycles. The van der Waals surface area contributed by atoms with E-state index in [0.29, 0.717) is 0 Å². The molecule has 6 nitrogen and oxygen atoms in total. The molecule has 0 atom stereocenters. The Morgan fingerprint density at radius 1 is 0.903 bits per heavy atom. The number of benzene rings is 1. The number of nitrogens with zero attached hydrogens (tertiary/aromatic N) is 2. The fraction of sp³-hybridized carbons (Fsp3) is 0.588. The van der Waals surface area contributed by atoms with E-state index in [1.54, 1.807) is 0 Å². The van der Waals surface area contributed by atoms with Gasteiger partial charge in [0, 0.05) is 18.4 Å². The molecule has 0 aliphatic carbocycles. The maximum Gasteiger partial charge on any atom is 0.480 e. The van der Waals surface area contributed by atoms with Gasteiger partial charge < -0.3 is 4.13 Å². The highest BCUT2D eigenvalue weighted by molar-refractivity contribution is 8.13. The van der Waals surface area contributed by atoms with Crippen molar-refractivity contribution < 1.29 is 47.8 Å². The average molecular weight is 496 g/mol. The molecule has 14 heteroatoms. The fourth-order valence-electron chi connectivity index (χ4n) is 2.54. The van der Waals surface area contributed by atoms with Crippen molar-refractivity contribution in [2.24, 2.45) is 0 Å². The quantitative estimate of drug-likeness (QED) is 0.320. The third-order valence-electron chi connectivity index (χ3n) is 4.13. The summed E-state index contributed by atoms with van der Waals surface area (Å²) < 4.78 is 112. The Kier molecular flexibility index (Phi) is 9.50. The Labute approximate surface area is 177 Å². The number of hydrogen-bond acceptors (Lipinski definition) is 4. The maximum absolute atomic E-state index is 11.4. The number of unbranched alkanes of at least 4 members (excludes halogenated alkanes) is 3. The Balaban J connectivity index is 0.000000311. The molecule has 1 aliphatic rings. The Bertz CT molecular complexity index is 929. The Morgan fingerprint density at radius 2 is 1.45 bits per heavy atom. The van der Waals surface area contributed by atoms with Crippen LogP contribution in [0, 0.1) is 0 Å². The molecule has 0 spiro atoms. The molecular weight excluding hydrogens is 474 g/mol. The first-order valence-corrected chi connectivity index (χ1v) is 12.0. The predicted molar refractivity (Wildman–Crippen MR) is 103 cm³/mol. The lowest BCUT2D eigenvalue weighted by molar-refractivity contribution is -0.524. The van der Waals surface area contributed by atoms with Gasteiger partial charge in [-0.1, -0.05) is 38.0 Å². The topological polar surface area (TPSA) is 85.4 Å². The minimum atomic E-state index is -6.72. The second kappa shape index (κ2) is 10.8. The summed E-state index contributed by atoms with van der Waals surface area (Å²) in [4.78, 5) is 0. The molecule has 178 valence electrons. The van der Waals surface area contributed by atoms with Crippen molar-refractivity contribution in [2.75, 3.05) is 13.1 Å². The molecule has 0 aromatic heterocycles. The van der Waals surface area contributed by atoms with Crippen LogP contribution in [0.1, 0.15) is 43.7 Å². The predicted octanol–water partition coefficient (Wildman–Crippen LogP) is 4.31. The highest BCUT2D eigenvalue weighted by Crippen LogP contribution is 2.36. The first-order valence-electron chi connectivity index (χ1n) is 9.14. The minimum absolute atomic E-state index is 0.778. The van der Waals surface area contributed by atoms with Crippen LogP contribution in [-0.2, 0) is 26.5 Å². The molecule has 0 unspecified atom stereocenters. The largest absolute Gasteiger partial charge is 0.480 e. The summed E-state index contributed by atoms with van der Waals surface area (Å²) in [6.07, 6.45) is 8.97. The summed E-state index contributed by atoms with van der Waals surface area (Å²) in [5, 5.41) is 0. The summed E-state index contributed by atoms with van der Waals surface area (Å²) in [6, 6.07) is 8.76. The van der Waals surface area contributed by atoms with E-state index < -0.39 is 31.1 Å². The first-order chi connectivity index (χ1) is 14.1. The van der Waals surface area contributed by atoms with E-state index in [-0.39, 0.29) is 0 Å². The van der Waals surface area contributed by atoms with Crippen LogP contribution < -0.4 is 0 Å². The number of alkyl halides is 6. The van der Waals surface area contributed by atoms with Gasteiger partial charge in [-0.2, -0.15) is 26.3 Å². The van der Waals surface area contributed by atoms with E-state index in [4.69, 9.17) is 0 Å². The monoisotopic (exact) mass is 496 g/mol. The molecule has 0 N–H and O–H groups in total. The molecule has 31 heavy (non-hydrogen) atoms. The van der Waals surface area contributed by atoms with Crippen LogP contribution in [0.4, 0.5) is 26.3 Å². The fourth-order valence-corrected chi connectivity index (χ4v) is 4.25. The number of sulfonamides is 2. The highest BCUT2D eigenvalue weighted by Gasteiger charge is 2.46. The van der Waals surface area contributed by atoms with Crippen molar-refractivity contribution in [1.29, 1.82) is 0 Å². The van der Waals surface area contributed by atoms with E-state index in [1.807, 2.05) is 0 Å². The zero-order valence-electron chi connectivity index (χ0n) is 16.4. The number of halogens is 6. The zero-order chi connectivity index (χ0) is 23.9. The second-order valence-corrected chi connectivity index (χ2v) is 10.0. The van der Waals surface area contributed by atoms with Gasteiger partial charge in [0.15, 0.2) is 26.3 Å². The minimum Gasteiger partial charge on any atom is -0.421 e. The standard InChI is InChI=1S/C15H22N.C2F6NO4S2/c1-2-3-4-7-11-16-12-10-14-8-5-6-9-15(14)13-16;3-1(4,5)14(10,11)9-15(12,13)2(6,7)8/h5-6,8-9,13H,2-4,7,10-12H2,1H3;/q+1;-1. The van der Waals surface area contributed by atoms with Gasteiger partial charge in [-0.05, 0) is 18.1 Å². The van der Waals surface area contributed by atoms with Crippen molar-refractivity contribution >= 4 is 26.3 Å². The molecule has 1 aromatic carbocycles. The Morgan fingerprint density at radius 3 is 1.97 bits per heavy atom. The molecule has 0 radical (unpaired) electrons. The van der Waals surface area contributed by atoms with Crippen molar-refractivity contribution in [1.82, 2.24) is 0 Å². The highest BCUT2D eigenvalue weighted by atomic mass is 32.3. The Hall–Kier alpha value is -1.67. The second-order valence-electron chi connectivity index (χ2n) is 6.59. The van der Waals surface area contributed by atoms with Gasteiger partial charge in [0.25, 0.3) is 0 Å². The van der Waals surface area contributed by atoms with E-state index in [1.165, 1.54) is 56.3 Å².